The van der Waals surface area contributed by atoms with E-state index < -0.39 is 0 Å². The monoisotopic (exact) mass is 455 g/mol. The van der Waals surface area contributed by atoms with Crippen LogP contribution in [0.25, 0.3) is 0 Å². The largest absolute Gasteiger partial charge is 0.486 e. The van der Waals surface area contributed by atoms with Crippen molar-refractivity contribution in [1.29, 1.82) is 0 Å². The van der Waals surface area contributed by atoms with Gasteiger partial charge in [0, 0.05) is 7.05 Å². The Morgan fingerprint density at radius 1 is 1.19 bits per heavy atom. The zero-order valence-corrected chi connectivity index (χ0v) is 19.1. The van der Waals surface area contributed by atoms with Crippen molar-refractivity contribution in [2.24, 2.45) is 0 Å². The average molecular weight is 456 g/mol. The van der Waals surface area contributed by atoms with E-state index in [4.69, 9.17) is 18.6 Å². The van der Waals surface area contributed by atoms with Crippen LogP contribution in [0, 0.1) is 13.8 Å². The molecule has 1 aliphatic heterocycles. The number of ether oxygens (including phenoxy) is 3. The standard InChI is InChI=1S/C23H25N3O5S/c1-15-8-9-16(2)20(10-15)29-13-21-24-25-23(31-21)32-14-22(27)26(3)11-17-12-28-18-6-4-5-7-19(18)30-17/h4-10,17H,11-14H2,1-3H3/t17-/m1/s1. The van der Waals surface area contributed by atoms with Crippen LogP contribution in [-0.2, 0) is 11.4 Å². The third-order valence-electron chi connectivity index (χ3n) is 4.93. The first kappa shape index (κ1) is 22.0. The first-order valence-electron chi connectivity index (χ1n) is 10.3. The number of hydrogen-bond acceptors (Lipinski definition) is 8. The summed E-state index contributed by atoms with van der Waals surface area (Å²) in [7, 11) is 1.74. The predicted octanol–water partition coefficient (Wildman–Crippen LogP) is 3.66. The third kappa shape index (κ3) is 5.53. The van der Waals surface area contributed by atoms with Crippen molar-refractivity contribution in [1.82, 2.24) is 15.1 Å². The summed E-state index contributed by atoms with van der Waals surface area (Å²) in [6.07, 6.45) is -0.221. The van der Waals surface area contributed by atoms with E-state index in [1.165, 1.54) is 11.8 Å². The Bertz CT molecular complexity index is 1090. The number of fused-ring (bicyclic) bond motifs is 1. The van der Waals surface area contributed by atoms with Crippen LogP contribution in [0.5, 0.6) is 17.2 Å². The summed E-state index contributed by atoms with van der Waals surface area (Å²) < 4.78 is 23.0. The van der Waals surface area contributed by atoms with Crippen LogP contribution >= 0.6 is 11.8 Å². The van der Waals surface area contributed by atoms with Crippen molar-refractivity contribution >= 4 is 17.7 Å². The van der Waals surface area contributed by atoms with Gasteiger partial charge in [0.1, 0.15) is 12.4 Å². The number of aryl methyl sites for hydroxylation is 2. The lowest BCUT2D eigenvalue weighted by atomic mass is 10.1. The Morgan fingerprint density at radius 3 is 2.84 bits per heavy atom. The van der Waals surface area contributed by atoms with Crippen LogP contribution < -0.4 is 14.2 Å². The molecule has 9 heteroatoms. The normalized spacial score (nSPS) is 14.8. The topological polar surface area (TPSA) is 86.9 Å². The Balaban J connectivity index is 1.23. The number of nitrogens with zero attached hydrogens (tertiary/aromatic N) is 3. The van der Waals surface area contributed by atoms with Crippen LogP contribution in [0.15, 0.2) is 52.1 Å². The molecule has 1 atom stereocenters. The van der Waals surface area contributed by atoms with Gasteiger partial charge in [-0.25, -0.2) is 0 Å². The van der Waals surface area contributed by atoms with Gasteiger partial charge in [-0.1, -0.05) is 36.0 Å². The summed E-state index contributed by atoms with van der Waals surface area (Å²) in [4.78, 5) is 14.1. The Morgan fingerprint density at radius 2 is 2.00 bits per heavy atom. The second-order valence-corrected chi connectivity index (χ2v) is 8.51. The summed E-state index contributed by atoms with van der Waals surface area (Å²) in [6, 6.07) is 13.5. The first-order chi connectivity index (χ1) is 15.5. The smallest absolute Gasteiger partial charge is 0.277 e. The third-order valence-corrected chi connectivity index (χ3v) is 5.74. The minimum atomic E-state index is -0.221. The van der Waals surface area contributed by atoms with Crippen LogP contribution in [-0.4, -0.2) is 53.1 Å². The molecule has 0 unspecified atom stereocenters. The molecule has 0 fully saturated rings. The van der Waals surface area contributed by atoms with E-state index in [1.54, 1.807) is 11.9 Å². The molecule has 168 valence electrons. The molecule has 0 saturated carbocycles. The number of rotatable bonds is 8. The molecule has 2 aromatic carbocycles. The fourth-order valence-corrected chi connectivity index (χ4v) is 3.87. The van der Waals surface area contributed by atoms with Crippen molar-refractivity contribution in [3.63, 3.8) is 0 Å². The van der Waals surface area contributed by atoms with E-state index in [-0.39, 0.29) is 24.4 Å². The minimum absolute atomic E-state index is 0.0659. The van der Waals surface area contributed by atoms with Crippen molar-refractivity contribution in [3.05, 3.63) is 59.5 Å². The number of amides is 1. The molecule has 0 saturated heterocycles. The van der Waals surface area contributed by atoms with Crippen molar-refractivity contribution < 1.29 is 23.4 Å². The highest BCUT2D eigenvalue weighted by Gasteiger charge is 2.24. The zero-order chi connectivity index (χ0) is 22.5. The second-order valence-electron chi connectivity index (χ2n) is 7.58. The van der Waals surface area contributed by atoms with Gasteiger partial charge in [-0.05, 0) is 43.2 Å². The van der Waals surface area contributed by atoms with E-state index in [0.717, 1.165) is 22.6 Å². The molecular weight excluding hydrogens is 430 g/mol. The minimum Gasteiger partial charge on any atom is -0.486 e. The highest BCUT2D eigenvalue weighted by Crippen LogP contribution is 2.31. The summed E-state index contributed by atoms with van der Waals surface area (Å²) in [6.45, 7) is 4.98. The van der Waals surface area contributed by atoms with Gasteiger partial charge in [0.25, 0.3) is 11.1 Å². The van der Waals surface area contributed by atoms with E-state index >= 15 is 0 Å². The lowest BCUT2D eigenvalue weighted by Gasteiger charge is -2.29. The van der Waals surface area contributed by atoms with Crippen LogP contribution in [0.3, 0.4) is 0 Å². The second kappa shape index (κ2) is 9.95. The summed E-state index contributed by atoms with van der Waals surface area (Å²) >= 11 is 1.20. The number of hydrogen-bond donors (Lipinski definition) is 0. The predicted molar refractivity (Wildman–Crippen MR) is 119 cm³/mol. The maximum Gasteiger partial charge on any atom is 0.277 e. The molecule has 4 rings (SSSR count). The van der Waals surface area contributed by atoms with Gasteiger partial charge in [0.05, 0.1) is 12.3 Å². The Kier molecular flexibility index (Phi) is 6.84. The fraction of sp³-hybridized carbons (Fsp3) is 0.348. The first-order valence-corrected chi connectivity index (χ1v) is 11.2. The number of aromatic nitrogens is 2. The Labute approximate surface area is 190 Å². The molecule has 2 heterocycles. The molecule has 8 nitrogen and oxygen atoms in total. The van der Waals surface area contributed by atoms with Crippen molar-refractivity contribution in [2.45, 2.75) is 31.8 Å². The molecule has 3 aromatic rings. The number of carbonyl (C=O) groups is 1. The van der Waals surface area contributed by atoms with Gasteiger partial charge in [0.15, 0.2) is 24.2 Å². The molecule has 32 heavy (non-hydrogen) atoms. The van der Waals surface area contributed by atoms with Gasteiger partial charge in [-0.2, -0.15) is 0 Å². The number of para-hydroxylation sites is 2. The lowest BCUT2D eigenvalue weighted by Crippen LogP contribution is -2.42. The van der Waals surface area contributed by atoms with Gasteiger partial charge in [-0.15, -0.1) is 10.2 Å². The van der Waals surface area contributed by atoms with Gasteiger partial charge < -0.3 is 23.5 Å². The number of carbonyl (C=O) groups excluding carboxylic acids is 1. The average Bonchev–Trinajstić information content (AvgIpc) is 3.25. The molecule has 1 aromatic heterocycles. The van der Waals surface area contributed by atoms with Crippen molar-refractivity contribution in [2.75, 3.05) is 26.0 Å². The van der Waals surface area contributed by atoms with Crippen LogP contribution in [0.2, 0.25) is 0 Å². The number of likely N-dealkylation sites (N-methyl/N-ethyl adjacent to an activating group) is 1. The maximum atomic E-state index is 12.5. The van der Waals surface area contributed by atoms with Gasteiger partial charge >= 0.3 is 0 Å². The van der Waals surface area contributed by atoms with Gasteiger partial charge in [0.2, 0.25) is 5.91 Å². The zero-order valence-electron chi connectivity index (χ0n) is 18.2. The fourth-order valence-electron chi connectivity index (χ4n) is 3.15. The molecular formula is C23H25N3O5S. The highest BCUT2D eigenvalue weighted by molar-refractivity contribution is 7.99. The number of thioether (sulfide) groups is 1. The SMILES string of the molecule is Cc1ccc(C)c(OCc2nnc(SCC(=O)N(C)C[C@@H]3COc4ccccc4O3)o2)c1. The Hall–Kier alpha value is -3.20. The maximum absolute atomic E-state index is 12.5. The quantitative estimate of drug-likeness (QED) is 0.476. The molecule has 0 N–H and O–H groups in total. The van der Waals surface area contributed by atoms with Crippen LogP contribution in [0.1, 0.15) is 17.0 Å². The summed E-state index contributed by atoms with van der Waals surface area (Å²) in [5.41, 5.74) is 2.15. The summed E-state index contributed by atoms with van der Waals surface area (Å²) in [5.74, 6) is 2.68. The molecule has 1 aliphatic rings. The van der Waals surface area contributed by atoms with E-state index in [2.05, 4.69) is 10.2 Å². The van der Waals surface area contributed by atoms with Crippen LogP contribution in [0.4, 0.5) is 0 Å². The lowest BCUT2D eigenvalue weighted by molar-refractivity contribution is -0.128. The van der Waals surface area contributed by atoms with E-state index in [9.17, 15) is 4.79 Å². The molecule has 0 bridgehead atoms. The summed E-state index contributed by atoms with van der Waals surface area (Å²) in [5, 5.41) is 8.32. The molecule has 0 radical (unpaired) electrons. The molecule has 0 spiro atoms. The van der Waals surface area contributed by atoms with Crippen molar-refractivity contribution in [3.8, 4) is 17.2 Å². The number of benzene rings is 2. The van der Waals surface area contributed by atoms with Gasteiger partial charge in [-0.3, -0.25) is 4.79 Å². The molecule has 1 amide bonds. The van der Waals surface area contributed by atoms with E-state index in [1.807, 2.05) is 56.3 Å². The highest BCUT2D eigenvalue weighted by atomic mass is 32.2. The van der Waals surface area contributed by atoms with E-state index in [0.29, 0.717) is 30.0 Å². The molecule has 0 aliphatic carbocycles.